The number of carbonyl (C=O) groups is 2. The summed E-state index contributed by atoms with van der Waals surface area (Å²) in [5.41, 5.74) is 3.74. The van der Waals surface area contributed by atoms with Crippen LogP contribution in [0, 0.1) is 18.0 Å². The summed E-state index contributed by atoms with van der Waals surface area (Å²) >= 11 is 12.9. The first kappa shape index (κ1) is 35.3. The number of anilines is 1. The Bertz CT molecular complexity index is 1840. The van der Waals surface area contributed by atoms with Gasteiger partial charge in [-0.25, -0.2) is 9.59 Å². The van der Waals surface area contributed by atoms with E-state index in [9.17, 15) is 14.8 Å². The lowest BCUT2D eigenvalue weighted by Crippen LogP contribution is -2.53. The topological polar surface area (TPSA) is 104 Å². The summed E-state index contributed by atoms with van der Waals surface area (Å²) < 4.78 is 23.7. The van der Waals surface area contributed by atoms with Gasteiger partial charge in [0.15, 0.2) is 23.9 Å². The van der Waals surface area contributed by atoms with Crippen molar-refractivity contribution in [2.24, 2.45) is 5.92 Å². The van der Waals surface area contributed by atoms with Crippen molar-refractivity contribution in [1.29, 1.82) is 0 Å². The lowest BCUT2D eigenvalue weighted by atomic mass is 9.86. The van der Waals surface area contributed by atoms with Gasteiger partial charge in [-0.05, 0) is 91.9 Å². The van der Waals surface area contributed by atoms with E-state index in [2.05, 4.69) is 4.90 Å². The molecule has 3 saturated heterocycles. The summed E-state index contributed by atoms with van der Waals surface area (Å²) in [4.78, 5) is 31.6. The van der Waals surface area contributed by atoms with Gasteiger partial charge in [-0.15, -0.1) is 0 Å². The van der Waals surface area contributed by atoms with E-state index in [1.807, 2.05) is 37.3 Å². The molecule has 3 fully saturated rings. The van der Waals surface area contributed by atoms with E-state index in [0.717, 1.165) is 38.0 Å². The summed E-state index contributed by atoms with van der Waals surface area (Å²) in [5.74, 6) is 0.701. The first-order valence-electron chi connectivity index (χ1n) is 16.5. The van der Waals surface area contributed by atoms with E-state index in [1.54, 1.807) is 41.3 Å². The van der Waals surface area contributed by atoms with Crippen molar-refractivity contribution in [3.63, 3.8) is 0 Å². The van der Waals surface area contributed by atoms with Crippen LogP contribution < -0.4 is 19.1 Å². The molecule has 0 spiro atoms. The molecule has 3 aromatic carbocycles. The molecule has 2 bridgehead atoms. The fourth-order valence-corrected chi connectivity index (χ4v) is 7.26. The molecule has 12 heteroatoms. The number of hydrogen-bond donors (Lipinski definition) is 0. The fourth-order valence-electron chi connectivity index (χ4n) is 6.66. The lowest BCUT2D eigenvalue weighted by molar-refractivity contribution is -0.605. The number of esters is 1. The molecular weight excluding hydrogens is 681 g/mol. The van der Waals surface area contributed by atoms with Gasteiger partial charge in [-0.3, -0.25) is 9.80 Å². The second kappa shape index (κ2) is 15.6. The van der Waals surface area contributed by atoms with Crippen LogP contribution in [0.5, 0.6) is 11.5 Å². The Morgan fingerprint density at radius 3 is 2.34 bits per heavy atom. The highest BCUT2D eigenvalue weighted by Crippen LogP contribution is 2.36. The third-order valence-electron chi connectivity index (χ3n) is 9.36. The van der Waals surface area contributed by atoms with Crippen molar-refractivity contribution in [2.45, 2.75) is 44.9 Å². The van der Waals surface area contributed by atoms with Gasteiger partial charge in [0.25, 0.3) is 0 Å². The maximum absolute atomic E-state index is 13.8. The largest absolute Gasteiger partial charge is 0.619 e. The molecule has 3 aliphatic heterocycles. The van der Waals surface area contributed by atoms with Crippen LogP contribution in [0.25, 0.3) is 0 Å². The number of piperidine rings is 3. The van der Waals surface area contributed by atoms with Crippen LogP contribution >= 0.6 is 23.2 Å². The quantitative estimate of drug-likeness (QED) is 0.0902. The molecule has 0 radical (unpaired) electrons. The Morgan fingerprint density at radius 2 is 1.68 bits per heavy atom. The summed E-state index contributed by atoms with van der Waals surface area (Å²) in [5, 5.41) is 12.2. The van der Waals surface area contributed by atoms with Gasteiger partial charge in [0.2, 0.25) is 0 Å². The highest BCUT2D eigenvalue weighted by Gasteiger charge is 2.37. The zero-order chi connectivity index (χ0) is 35.4. The standard InChI is InChI=1S/C38H39Cl2N3O7/c1-24-6-4-9-29(16-24)43(38(45)50-36-23-41-14-12-26(36)13-15-41)20-25-7-5-8-28(17-25)37(44)49-34(19-30-31(39)21-42(46)22-32(30)40)27-10-11-33(47-2)35(18-27)48-3/h4-11,16-18,21-22,26,34,36H,12-15,19-20,23H2,1-3H3/t34?,36-/m0/s1. The van der Waals surface area contributed by atoms with Crippen LogP contribution in [0.3, 0.4) is 0 Å². The van der Waals surface area contributed by atoms with Gasteiger partial charge in [-0.2, -0.15) is 4.73 Å². The minimum Gasteiger partial charge on any atom is -0.619 e. The predicted octanol–water partition coefficient (Wildman–Crippen LogP) is 7.33. The van der Waals surface area contributed by atoms with E-state index in [0.29, 0.717) is 44.5 Å². The second-order valence-corrected chi connectivity index (χ2v) is 13.5. The van der Waals surface area contributed by atoms with Crippen LogP contribution in [0.2, 0.25) is 10.0 Å². The number of benzene rings is 3. The Balaban J connectivity index is 1.26. The van der Waals surface area contributed by atoms with Crippen molar-refractivity contribution in [1.82, 2.24) is 4.90 Å². The van der Waals surface area contributed by atoms with E-state index < -0.39 is 18.2 Å². The SMILES string of the molecule is COc1ccc(C(Cc2c(Cl)c[n+]([O-])cc2Cl)OC(=O)c2cccc(CN(C(=O)O[C@H]3CN4CCC3CC4)c3cccc(C)c3)c2)cc1OC. The molecule has 10 nitrogen and oxygen atoms in total. The van der Waals surface area contributed by atoms with Crippen molar-refractivity contribution < 1.29 is 33.3 Å². The third-order valence-corrected chi connectivity index (χ3v) is 10.0. The molecule has 4 heterocycles. The van der Waals surface area contributed by atoms with Crippen LogP contribution in [-0.2, 0) is 22.4 Å². The Kier molecular flexibility index (Phi) is 11.0. The number of fused-ring (bicyclic) bond motifs is 3. The maximum atomic E-state index is 13.8. The highest BCUT2D eigenvalue weighted by atomic mass is 35.5. The molecule has 50 heavy (non-hydrogen) atoms. The number of aromatic nitrogens is 1. The zero-order valence-electron chi connectivity index (χ0n) is 28.1. The molecule has 0 aliphatic carbocycles. The molecule has 4 aromatic rings. The number of nitrogens with zero attached hydrogens (tertiary/aromatic N) is 3. The smallest absolute Gasteiger partial charge is 0.414 e. The summed E-state index contributed by atoms with van der Waals surface area (Å²) in [6.45, 7) is 4.98. The maximum Gasteiger partial charge on any atom is 0.414 e. The van der Waals surface area contributed by atoms with Gasteiger partial charge in [-0.1, -0.05) is 53.5 Å². The van der Waals surface area contributed by atoms with Crippen LogP contribution in [0.4, 0.5) is 10.5 Å². The summed E-state index contributed by atoms with van der Waals surface area (Å²) in [6.07, 6.45) is 3.07. The molecule has 0 N–H and O–H groups in total. The first-order chi connectivity index (χ1) is 24.1. The number of rotatable bonds is 11. The van der Waals surface area contributed by atoms with Crippen molar-refractivity contribution in [3.8, 4) is 11.5 Å². The third kappa shape index (κ3) is 8.09. The van der Waals surface area contributed by atoms with Gasteiger partial charge in [0.05, 0.1) is 26.3 Å². The number of methoxy groups -OCH3 is 2. The van der Waals surface area contributed by atoms with Crippen LogP contribution in [0.1, 0.15) is 51.6 Å². The second-order valence-electron chi connectivity index (χ2n) is 12.7. The molecule has 0 saturated carbocycles. The van der Waals surface area contributed by atoms with E-state index in [-0.39, 0.29) is 34.7 Å². The predicted molar refractivity (Wildman–Crippen MR) is 190 cm³/mol. The average molecular weight is 721 g/mol. The Labute approximate surface area is 301 Å². The number of ether oxygens (including phenoxy) is 4. The molecule has 1 amide bonds. The van der Waals surface area contributed by atoms with E-state index in [4.69, 9.17) is 42.1 Å². The van der Waals surface area contributed by atoms with Gasteiger partial charge >= 0.3 is 12.1 Å². The molecule has 7 rings (SSSR count). The molecule has 1 unspecified atom stereocenters. The minimum atomic E-state index is -0.871. The zero-order valence-corrected chi connectivity index (χ0v) is 29.7. The lowest BCUT2D eigenvalue weighted by Gasteiger charge is -2.44. The van der Waals surface area contributed by atoms with E-state index in [1.165, 1.54) is 26.6 Å². The molecule has 2 atom stereocenters. The number of hydrogen-bond acceptors (Lipinski definition) is 8. The minimum absolute atomic E-state index is 0.0754. The summed E-state index contributed by atoms with van der Waals surface area (Å²) in [7, 11) is 3.04. The molecular formula is C38H39Cl2N3O7. The fraction of sp³-hybridized carbons (Fsp3) is 0.342. The van der Waals surface area contributed by atoms with Crippen LogP contribution in [0.15, 0.2) is 79.1 Å². The monoisotopic (exact) mass is 719 g/mol. The van der Waals surface area contributed by atoms with Crippen molar-refractivity contribution >= 4 is 41.0 Å². The van der Waals surface area contributed by atoms with E-state index >= 15 is 0 Å². The highest BCUT2D eigenvalue weighted by molar-refractivity contribution is 6.35. The Morgan fingerprint density at radius 1 is 0.960 bits per heavy atom. The average Bonchev–Trinajstić information content (AvgIpc) is 3.11. The van der Waals surface area contributed by atoms with Gasteiger partial charge in [0, 0.05) is 24.2 Å². The molecule has 1 aromatic heterocycles. The Hall–Kier alpha value is -4.51. The van der Waals surface area contributed by atoms with Crippen molar-refractivity contribution in [2.75, 3.05) is 38.8 Å². The number of amides is 1. The van der Waals surface area contributed by atoms with Crippen molar-refractivity contribution in [3.05, 3.63) is 122 Å². The van der Waals surface area contributed by atoms with Crippen LogP contribution in [-0.4, -0.2) is 56.9 Å². The molecule has 262 valence electrons. The first-order valence-corrected chi connectivity index (χ1v) is 17.2. The normalized spacial score (nSPS) is 18.6. The number of aryl methyl sites for hydroxylation is 1. The number of carbonyl (C=O) groups excluding carboxylic acids is 2. The molecule has 3 aliphatic rings. The van der Waals surface area contributed by atoms with Gasteiger partial charge in [0.1, 0.15) is 22.3 Å². The van der Waals surface area contributed by atoms with Gasteiger partial charge < -0.3 is 24.2 Å². The summed E-state index contributed by atoms with van der Waals surface area (Å²) in [6, 6.07) is 19.9. The number of halogens is 2. The number of pyridine rings is 1.